The summed E-state index contributed by atoms with van der Waals surface area (Å²) in [4.78, 5) is 0.223. The van der Waals surface area contributed by atoms with Crippen LogP contribution < -0.4 is 0 Å². The van der Waals surface area contributed by atoms with E-state index in [2.05, 4.69) is 4.40 Å². The third-order valence-electron chi connectivity index (χ3n) is 2.49. The number of sulfonamides is 1. The molecule has 4 heteroatoms. The van der Waals surface area contributed by atoms with E-state index < -0.39 is 10.0 Å². The normalized spacial score (nSPS) is 11.8. The predicted molar refractivity (Wildman–Crippen MR) is 70.9 cm³/mol. The second-order valence-electron chi connectivity index (χ2n) is 4.21. The van der Waals surface area contributed by atoms with E-state index in [9.17, 15) is 8.42 Å². The lowest BCUT2D eigenvalue weighted by atomic mass is 10.2. The van der Waals surface area contributed by atoms with Crippen molar-refractivity contribution < 1.29 is 8.42 Å². The molecule has 17 heavy (non-hydrogen) atoms. The van der Waals surface area contributed by atoms with Gasteiger partial charge < -0.3 is 0 Å². The molecule has 0 heterocycles. The molecule has 0 saturated carbocycles. The molecule has 0 aromatic heterocycles. The van der Waals surface area contributed by atoms with Crippen molar-refractivity contribution in [1.82, 2.24) is 0 Å². The number of rotatable bonds is 3. The highest BCUT2D eigenvalue weighted by Gasteiger charge is 2.10. The monoisotopic (exact) mass is 251 g/mol. The van der Waals surface area contributed by atoms with Crippen LogP contribution in [0.3, 0.4) is 0 Å². The van der Waals surface area contributed by atoms with Crippen LogP contribution in [-0.4, -0.2) is 14.6 Å². The molecular formula is C13H17NO2S. The molecule has 0 amide bonds. The molecule has 0 bridgehead atoms. The molecule has 1 aromatic rings. The smallest absolute Gasteiger partial charge is 0.199 e. The average molecular weight is 251 g/mol. The third kappa shape index (κ3) is 3.82. The lowest BCUT2D eigenvalue weighted by Gasteiger charge is -2.00. The van der Waals surface area contributed by atoms with Crippen LogP contribution in [0, 0.1) is 6.92 Å². The molecule has 0 aliphatic carbocycles. The first kappa shape index (κ1) is 13.6. The highest BCUT2D eigenvalue weighted by molar-refractivity contribution is 7.90. The SMILES string of the molecule is CC(C)=C(C)/C=N/S(=O)(=O)c1ccc(C)cc1. The summed E-state index contributed by atoms with van der Waals surface area (Å²) in [5, 5.41) is 0. The Morgan fingerprint density at radius 2 is 1.65 bits per heavy atom. The Hall–Kier alpha value is -1.42. The second kappa shape index (κ2) is 5.27. The van der Waals surface area contributed by atoms with Gasteiger partial charge in [-0.05, 0) is 45.4 Å². The number of hydrogen-bond donors (Lipinski definition) is 0. The van der Waals surface area contributed by atoms with Crippen LogP contribution in [0.1, 0.15) is 26.3 Å². The van der Waals surface area contributed by atoms with Crippen molar-refractivity contribution in [3.63, 3.8) is 0 Å². The Bertz CT molecular complexity index is 548. The standard InChI is InChI=1S/C13H17NO2S/c1-10(2)12(4)9-14-17(15,16)13-7-5-11(3)6-8-13/h5-9H,1-4H3/b14-9+. The lowest BCUT2D eigenvalue weighted by Crippen LogP contribution is -1.98. The fourth-order valence-corrected chi connectivity index (χ4v) is 1.95. The summed E-state index contributed by atoms with van der Waals surface area (Å²) >= 11 is 0. The highest BCUT2D eigenvalue weighted by atomic mass is 32.2. The summed E-state index contributed by atoms with van der Waals surface area (Å²) in [5.41, 5.74) is 2.93. The first-order valence-corrected chi connectivity index (χ1v) is 6.78. The van der Waals surface area contributed by atoms with Crippen molar-refractivity contribution in [2.24, 2.45) is 4.40 Å². The summed E-state index contributed by atoms with van der Waals surface area (Å²) in [6.07, 6.45) is 1.39. The molecule has 0 radical (unpaired) electrons. The molecule has 3 nitrogen and oxygen atoms in total. The first-order valence-electron chi connectivity index (χ1n) is 5.34. The van der Waals surface area contributed by atoms with Crippen LogP contribution in [0.5, 0.6) is 0 Å². The Kier molecular flexibility index (Phi) is 4.23. The quantitative estimate of drug-likeness (QED) is 0.775. The van der Waals surface area contributed by atoms with Gasteiger partial charge in [-0.3, -0.25) is 0 Å². The number of hydrogen-bond acceptors (Lipinski definition) is 2. The van der Waals surface area contributed by atoms with Crippen molar-refractivity contribution in [3.8, 4) is 0 Å². The van der Waals surface area contributed by atoms with Crippen molar-refractivity contribution in [2.45, 2.75) is 32.6 Å². The summed E-state index contributed by atoms with van der Waals surface area (Å²) < 4.78 is 27.4. The van der Waals surface area contributed by atoms with Crippen LogP contribution in [-0.2, 0) is 10.0 Å². The van der Waals surface area contributed by atoms with Gasteiger partial charge in [0.05, 0.1) is 4.90 Å². The van der Waals surface area contributed by atoms with Gasteiger partial charge in [0.2, 0.25) is 0 Å². The van der Waals surface area contributed by atoms with E-state index in [0.717, 1.165) is 16.7 Å². The van der Waals surface area contributed by atoms with E-state index in [1.165, 1.54) is 6.21 Å². The van der Waals surface area contributed by atoms with Crippen LogP contribution in [0.2, 0.25) is 0 Å². The Morgan fingerprint density at radius 3 is 2.12 bits per heavy atom. The van der Waals surface area contributed by atoms with Gasteiger partial charge in [-0.25, -0.2) is 0 Å². The van der Waals surface area contributed by atoms with Crippen molar-refractivity contribution in [3.05, 3.63) is 41.0 Å². The minimum Gasteiger partial charge on any atom is -0.199 e. The molecule has 0 unspecified atom stereocenters. The van der Waals surface area contributed by atoms with Gasteiger partial charge in [0, 0.05) is 6.21 Å². The molecule has 92 valence electrons. The maximum absolute atomic E-state index is 11.9. The lowest BCUT2D eigenvalue weighted by molar-refractivity contribution is 0.598. The fourth-order valence-electron chi connectivity index (χ4n) is 1.05. The second-order valence-corrected chi connectivity index (χ2v) is 5.84. The van der Waals surface area contributed by atoms with E-state index >= 15 is 0 Å². The van der Waals surface area contributed by atoms with Crippen LogP contribution in [0.25, 0.3) is 0 Å². The molecule has 0 N–H and O–H groups in total. The number of allylic oxidation sites excluding steroid dienone is 2. The molecule has 0 fully saturated rings. The molecule has 1 aromatic carbocycles. The van der Waals surface area contributed by atoms with E-state index in [1.54, 1.807) is 24.3 Å². The number of benzene rings is 1. The number of aryl methyl sites for hydroxylation is 1. The Morgan fingerprint density at radius 1 is 1.12 bits per heavy atom. The molecule has 0 aliphatic heterocycles. The summed E-state index contributed by atoms with van der Waals surface area (Å²) in [6, 6.07) is 6.66. The third-order valence-corrected chi connectivity index (χ3v) is 3.74. The van der Waals surface area contributed by atoms with Gasteiger partial charge in [-0.2, -0.15) is 12.8 Å². The zero-order chi connectivity index (χ0) is 13.1. The van der Waals surface area contributed by atoms with Gasteiger partial charge in [0.15, 0.2) is 0 Å². The predicted octanol–water partition coefficient (Wildman–Crippen LogP) is 3.11. The van der Waals surface area contributed by atoms with Crippen LogP contribution in [0.4, 0.5) is 0 Å². The fraction of sp³-hybridized carbons (Fsp3) is 0.308. The minimum absolute atomic E-state index is 0.223. The zero-order valence-electron chi connectivity index (χ0n) is 10.6. The zero-order valence-corrected chi connectivity index (χ0v) is 11.4. The average Bonchev–Trinajstić information content (AvgIpc) is 2.26. The van der Waals surface area contributed by atoms with E-state index in [1.807, 2.05) is 27.7 Å². The van der Waals surface area contributed by atoms with Gasteiger partial charge in [0.25, 0.3) is 10.0 Å². The molecule has 0 atom stereocenters. The molecular weight excluding hydrogens is 234 g/mol. The summed E-state index contributed by atoms with van der Waals surface area (Å²) in [7, 11) is -3.57. The topological polar surface area (TPSA) is 46.5 Å². The minimum atomic E-state index is -3.57. The van der Waals surface area contributed by atoms with Crippen LogP contribution >= 0.6 is 0 Å². The van der Waals surface area contributed by atoms with Crippen molar-refractivity contribution >= 4 is 16.2 Å². The van der Waals surface area contributed by atoms with Crippen molar-refractivity contribution in [1.29, 1.82) is 0 Å². The van der Waals surface area contributed by atoms with E-state index in [0.29, 0.717) is 0 Å². The van der Waals surface area contributed by atoms with Gasteiger partial charge in [-0.1, -0.05) is 23.3 Å². The van der Waals surface area contributed by atoms with Crippen molar-refractivity contribution in [2.75, 3.05) is 0 Å². The van der Waals surface area contributed by atoms with E-state index in [-0.39, 0.29) is 4.90 Å². The Balaban J connectivity index is 3.06. The van der Waals surface area contributed by atoms with E-state index in [4.69, 9.17) is 0 Å². The van der Waals surface area contributed by atoms with Gasteiger partial charge >= 0.3 is 0 Å². The molecule has 0 saturated heterocycles. The first-order chi connectivity index (χ1) is 7.83. The van der Waals surface area contributed by atoms with Gasteiger partial charge in [0.1, 0.15) is 0 Å². The molecule has 0 spiro atoms. The number of nitrogens with zero attached hydrogens (tertiary/aromatic N) is 1. The maximum Gasteiger partial charge on any atom is 0.282 e. The highest BCUT2D eigenvalue weighted by Crippen LogP contribution is 2.13. The molecule has 0 aliphatic rings. The summed E-state index contributed by atoms with van der Waals surface area (Å²) in [6.45, 7) is 7.58. The summed E-state index contributed by atoms with van der Waals surface area (Å²) in [5.74, 6) is 0. The molecule has 1 rings (SSSR count). The van der Waals surface area contributed by atoms with Gasteiger partial charge in [-0.15, -0.1) is 0 Å². The largest absolute Gasteiger partial charge is 0.282 e. The Labute approximate surface area is 103 Å². The maximum atomic E-state index is 11.9. The van der Waals surface area contributed by atoms with Crippen LogP contribution in [0.15, 0.2) is 44.7 Å².